The van der Waals surface area contributed by atoms with Gasteiger partial charge in [-0.1, -0.05) is 0 Å². The first-order chi connectivity index (χ1) is 13.4. The Hall–Kier alpha value is -0.400. The molecule has 0 bridgehead atoms. The maximum Gasteiger partial charge on any atom is 0.187 e. The van der Waals surface area contributed by atoms with Crippen molar-refractivity contribution in [2.45, 2.75) is 68.4 Å². The number of methoxy groups -OCH3 is 3. The van der Waals surface area contributed by atoms with Gasteiger partial charge in [-0.15, -0.1) is 0 Å². The molecule has 0 N–H and O–H groups in total. The highest BCUT2D eigenvalue weighted by atomic mass is 16.8. The van der Waals surface area contributed by atoms with Crippen LogP contribution in [0.3, 0.4) is 0 Å². The van der Waals surface area contributed by atoms with Gasteiger partial charge in [0, 0.05) is 27.8 Å². The smallest absolute Gasteiger partial charge is 0.187 e. The molecule has 0 aliphatic carbocycles. The zero-order valence-corrected chi connectivity index (χ0v) is 17.1. The van der Waals surface area contributed by atoms with Crippen LogP contribution in [0.1, 0.15) is 20.3 Å². The van der Waals surface area contributed by atoms with Crippen molar-refractivity contribution in [1.82, 2.24) is 5.06 Å². The second-order valence-corrected chi connectivity index (χ2v) is 8.10. The van der Waals surface area contributed by atoms with Crippen LogP contribution in [0, 0.1) is 0 Å². The summed E-state index contributed by atoms with van der Waals surface area (Å²) in [5, 5.41) is 1.91. The average molecular weight is 405 g/mol. The van der Waals surface area contributed by atoms with Crippen molar-refractivity contribution in [2.24, 2.45) is 0 Å². The predicted octanol–water partition coefficient (Wildman–Crippen LogP) is 0.246. The van der Waals surface area contributed by atoms with Gasteiger partial charge in [0.25, 0.3) is 0 Å². The van der Waals surface area contributed by atoms with Gasteiger partial charge in [0.15, 0.2) is 12.1 Å². The first kappa shape index (κ1) is 20.9. The van der Waals surface area contributed by atoms with Crippen LogP contribution in [0.5, 0.6) is 0 Å². The lowest BCUT2D eigenvalue weighted by Gasteiger charge is -2.43. The number of hydrogen-bond acceptors (Lipinski definition) is 10. The predicted molar refractivity (Wildman–Crippen MR) is 93.0 cm³/mol. The Morgan fingerprint density at radius 2 is 1.75 bits per heavy atom. The molecule has 4 saturated heterocycles. The quantitative estimate of drug-likeness (QED) is 0.549. The molecule has 28 heavy (non-hydrogen) atoms. The molecule has 10 heteroatoms. The van der Waals surface area contributed by atoms with E-state index in [0.717, 1.165) is 0 Å². The monoisotopic (exact) mass is 405 g/mol. The molecular formula is C18H31NO9. The number of hydrogen-bond donors (Lipinski definition) is 0. The molecule has 162 valence electrons. The Morgan fingerprint density at radius 3 is 2.46 bits per heavy atom. The highest BCUT2D eigenvalue weighted by molar-refractivity contribution is 5.10. The molecule has 1 spiro atoms. The molecule has 0 aromatic carbocycles. The van der Waals surface area contributed by atoms with E-state index >= 15 is 0 Å². The van der Waals surface area contributed by atoms with Crippen LogP contribution in [0.2, 0.25) is 0 Å². The third-order valence-corrected chi connectivity index (χ3v) is 5.78. The Morgan fingerprint density at radius 1 is 1.00 bits per heavy atom. The van der Waals surface area contributed by atoms with Gasteiger partial charge in [-0.05, 0) is 13.8 Å². The van der Waals surface area contributed by atoms with Gasteiger partial charge in [0.05, 0.1) is 12.6 Å². The summed E-state index contributed by atoms with van der Waals surface area (Å²) in [7, 11) is 4.80. The van der Waals surface area contributed by atoms with Crippen molar-refractivity contribution >= 4 is 0 Å². The van der Waals surface area contributed by atoms with Gasteiger partial charge in [-0.25, -0.2) is 0 Å². The van der Waals surface area contributed by atoms with Crippen LogP contribution in [0.4, 0.5) is 0 Å². The molecule has 4 rings (SSSR count). The van der Waals surface area contributed by atoms with Gasteiger partial charge in [0.2, 0.25) is 0 Å². The molecule has 0 aromatic heterocycles. The van der Waals surface area contributed by atoms with E-state index in [0.29, 0.717) is 19.6 Å². The molecule has 0 radical (unpaired) electrons. The third-order valence-electron chi connectivity index (χ3n) is 5.78. The summed E-state index contributed by atoms with van der Waals surface area (Å²) in [5.74, 6) is -0.703. The van der Waals surface area contributed by atoms with E-state index in [4.69, 9.17) is 42.7 Å². The molecule has 0 amide bonds. The first-order valence-electron chi connectivity index (χ1n) is 9.60. The molecule has 0 aromatic rings. The van der Waals surface area contributed by atoms with Crippen LogP contribution >= 0.6 is 0 Å². The lowest BCUT2D eigenvalue weighted by atomic mass is 9.86. The summed E-state index contributed by atoms with van der Waals surface area (Å²) in [6, 6.07) is -0.0886. The number of fused-ring (bicyclic) bond motifs is 3. The fourth-order valence-electron chi connectivity index (χ4n) is 4.69. The van der Waals surface area contributed by atoms with Crippen molar-refractivity contribution in [3.63, 3.8) is 0 Å². The highest BCUT2D eigenvalue weighted by Gasteiger charge is 2.67. The van der Waals surface area contributed by atoms with Gasteiger partial charge in [-0.3, -0.25) is 4.84 Å². The van der Waals surface area contributed by atoms with Crippen LogP contribution in [-0.2, 0) is 42.7 Å². The van der Waals surface area contributed by atoms with Crippen molar-refractivity contribution in [1.29, 1.82) is 0 Å². The topological polar surface area (TPSA) is 86.3 Å². The molecule has 10 nitrogen and oxygen atoms in total. The molecule has 4 aliphatic rings. The summed E-state index contributed by atoms with van der Waals surface area (Å²) < 4.78 is 46.1. The summed E-state index contributed by atoms with van der Waals surface area (Å²) in [4.78, 5) is 6.10. The van der Waals surface area contributed by atoms with Gasteiger partial charge in [-0.2, -0.15) is 5.06 Å². The van der Waals surface area contributed by atoms with Crippen LogP contribution in [0.15, 0.2) is 0 Å². The fourth-order valence-corrected chi connectivity index (χ4v) is 4.69. The van der Waals surface area contributed by atoms with Crippen LogP contribution in [0.25, 0.3) is 0 Å². The van der Waals surface area contributed by atoms with Crippen molar-refractivity contribution in [2.75, 3.05) is 48.1 Å². The second kappa shape index (κ2) is 8.03. The lowest BCUT2D eigenvalue weighted by Crippen LogP contribution is -2.58. The summed E-state index contributed by atoms with van der Waals surface area (Å²) in [6.07, 6.45) is -0.947. The normalized spacial score (nSPS) is 44.9. The average Bonchev–Trinajstić information content (AvgIpc) is 3.26. The highest BCUT2D eigenvalue weighted by Crippen LogP contribution is 2.49. The van der Waals surface area contributed by atoms with Crippen LogP contribution < -0.4 is 0 Å². The zero-order valence-electron chi connectivity index (χ0n) is 17.1. The van der Waals surface area contributed by atoms with E-state index in [1.165, 1.54) is 0 Å². The maximum absolute atomic E-state index is 6.30. The molecule has 0 unspecified atom stereocenters. The minimum atomic E-state index is -0.703. The number of rotatable bonds is 7. The molecule has 4 fully saturated rings. The minimum absolute atomic E-state index is 0.0886. The number of ether oxygens (including phenoxy) is 8. The van der Waals surface area contributed by atoms with E-state index in [-0.39, 0.29) is 44.0 Å². The number of hydroxylamine groups is 2. The van der Waals surface area contributed by atoms with Crippen molar-refractivity contribution < 1.29 is 42.7 Å². The molecule has 4 aliphatic heterocycles. The third kappa shape index (κ3) is 3.60. The van der Waals surface area contributed by atoms with Gasteiger partial charge >= 0.3 is 0 Å². The van der Waals surface area contributed by atoms with Crippen molar-refractivity contribution in [3.05, 3.63) is 0 Å². The summed E-state index contributed by atoms with van der Waals surface area (Å²) >= 11 is 0. The van der Waals surface area contributed by atoms with E-state index < -0.39 is 17.7 Å². The van der Waals surface area contributed by atoms with Gasteiger partial charge < -0.3 is 37.9 Å². The maximum atomic E-state index is 6.30. The molecule has 0 saturated carbocycles. The zero-order chi connectivity index (χ0) is 19.9. The molecular weight excluding hydrogens is 374 g/mol. The van der Waals surface area contributed by atoms with E-state index in [1.807, 2.05) is 18.9 Å². The minimum Gasteiger partial charge on any atom is -0.359 e. The SMILES string of the molecule is COCO[C@@H]1[C@@H](OCOC)CN2OC[C@@]3(C[C@@H]12)O[C@@H](OC)[C@@H]1OC(C)(C)O[C@@H]13. The van der Waals surface area contributed by atoms with E-state index in [1.54, 1.807) is 21.3 Å². The Kier molecular flexibility index (Phi) is 5.98. The lowest BCUT2D eigenvalue weighted by molar-refractivity contribution is -0.314. The van der Waals surface area contributed by atoms with Crippen molar-refractivity contribution in [3.8, 4) is 0 Å². The Labute approximate surface area is 165 Å². The largest absolute Gasteiger partial charge is 0.359 e. The van der Waals surface area contributed by atoms with Gasteiger partial charge in [0.1, 0.15) is 50.2 Å². The Bertz CT molecular complexity index is 549. The summed E-state index contributed by atoms with van der Waals surface area (Å²) in [5.41, 5.74) is -0.689. The second-order valence-electron chi connectivity index (χ2n) is 8.10. The Balaban J connectivity index is 1.54. The first-order valence-corrected chi connectivity index (χ1v) is 9.60. The van der Waals surface area contributed by atoms with E-state index in [9.17, 15) is 0 Å². The molecule has 4 heterocycles. The van der Waals surface area contributed by atoms with E-state index in [2.05, 4.69) is 0 Å². The molecule has 7 atom stereocenters. The van der Waals surface area contributed by atoms with Crippen LogP contribution in [-0.4, -0.2) is 101 Å². The fraction of sp³-hybridized carbons (Fsp3) is 1.00. The summed E-state index contributed by atoms with van der Waals surface area (Å²) in [6.45, 7) is 5.06. The number of nitrogens with zero attached hydrogens (tertiary/aromatic N) is 1. The standard InChI is InChI=1S/C18H31NO9/c1-17(2)26-14-15(27-17)18(28-16(14)22-5)6-11-13(24-10-21-4)12(23-9-20-3)7-19(11)25-8-18/h11-16H,6-10H2,1-5H3/t11-,12-,13-,14+,15-,16+,18+/m0/s1.